The molecule has 2 aromatic rings. The Kier molecular flexibility index (Phi) is 3.83. The predicted octanol–water partition coefficient (Wildman–Crippen LogP) is 2.62. The van der Waals surface area contributed by atoms with E-state index in [0.717, 1.165) is 16.7 Å². The van der Waals surface area contributed by atoms with Crippen molar-refractivity contribution in [1.82, 2.24) is 0 Å². The fourth-order valence-electron chi connectivity index (χ4n) is 2.36. The van der Waals surface area contributed by atoms with Gasteiger partial charge in [-0.3, -0.25) is 0 Å². The van der Waals surface area contributed by atoms with Gasteiger partial charge in [0.25, 0.3) is 0 Å². The molecule has 3 nitrogen and oxygen atoms in total. The summed E-state index contributed by atoms with van der Waals surface area (Å²) in [4.78, 5) is 0. The van der Waals surface area contributed by atoms with E-state index >= 15 is 0 Å². The fourth-order valence-corrected chi connectivity index (χ4v) is 2.36. The summed E-state index contributed by atoms with van der Waals surface area (Å²) in [7, 11) is 0. The van der Waals surface area contributed by atoms with Crippen LogP contribution in [0.3, 0.4) is 0 Å². The van der Waals surface area contributed by atoms with E-state index in [1.807, 2.05) is 54.6 Å². The van der Waals surface area contributed by atoms with Gasteiger partial charge in [0, 0.05) is 0 Å². The molecule has 2 aromatic carbocycles. The van der Waals surface area contributed by atoms with Gasteiger partial charge in [-0.05, 0) is 16.7 Å². The van der Waals surface area contributed by atoms with Crippen molar-refractivity contribution in [3.63, 3.8) is 0 Å². The molecule has 3 heteroatoms. The monoisotopic (exact) mass is 270 g/mol. The van der Waals surface area contributed by atoms with Gasteiger partial charge in [0.2, 0.25) is 0 Å². The van der Waals surface area contributed by atoms with Crippen LogP contribution in [0.2, 0.25) is 0 Å². The van der Waals surface area contributed by atoms with Crippen molar-refractivity contribution in [1.29, 1.82) is 0 Å². The van der Waals surface area contributed by atoms with Gasteiger partial charge in [-0.1, -0.05) is 54.6 Å². The minimum atomic E-state index is -0.493. The molecule has 1 aliphatic rings. The molecule has 1 fully saturated rings. The van der Waals surface area contributed by atoms with Crippen molar-refractivity contribution in [3.8, 4) is 0 Å². The van der Waals surface area contributed by atoms with Gasteiger partial charge in [-0.25, -0.2) is 0 Å². The van der Waals surface area contributed by atoms with Gasteiger partial charge in [-0.2, -0.15) is 0 Å². The highest BCUT2D eigenvalue weighted by Crippen LogP contribution is 2.40. The van der Waals surface area contributed by atoms with Crippen LogP contribution in [0, 0.1) is 0 Å². The number of hydrogen-bond donors (Lipinski definition) is 1. The Bertz CT molecular complexity index is 561. The van der Waals surface area contributed by atoms with Crippen LogP contribution in [0.15, 0.2) is 54.6 Å². The van der Waals surface area contributed by atoms with Crippen molar-refractivity contribution >= 4 is 0 Å². The number of aliphatic hydroxyl groups is 1. The van der Waals surface area contributed by atoms with Gasteiger partial charge in [0.05, 0.1) is 26.4 Å². The van der Waals surface area contributed by atoms with Crippen molar-refractivity contribution < 1.29 is 14.6 Å². The Labute approximate surface area is 118 Å². The Morgan fingerprint density at radius 1 is 1.00 bits per heavy atom. The molecule has 0 spiro atoms. The summed E-state index contributed by atoms with van der Waals surface area (Å²) in [5.41, 5.74) is 2.78. The van der Waals surface area contributed by atoms with Gasteiger partial charge >= 0.3 is 0 Å². The zero-order valence-electron chi connectivity index (χ0n) is 11.3. The summed E-state index contributed by atoms with van der Waals surface area (Å²) >= 11 is 0. The molecule has 1 atom stereocenters. The van der Waals surface area contributed by atoms with Gasteiger partial charge in [0.1, 0.15) is 5.60 Å². The molecule has 1 N–H and O–H groups in total. The molecule has 104 valence electrons. The summed E-state index contributed by atoms with van der Waals surface area (Å²) in [6.07, 6.45) is 0. The minimum absolute atomic E-state index is 0.0166. The lowest BCUT2D eigenvalue weighted by Crippen LogP contribution is -2.16. The molecule has 3 rings (SSSR count). The number of rotatable bonds is 6. The second-order valence-corrected chi connectivity index (χ2v) is 5.08. The maximum absolute atomic E-state index is 9.47. The zero-order chi connectivity index (χ0) is 13.8. The third-order valence-electron chi connectivity index (χ3n) is 3.63. The molecule has 0 amide bonds. The Balaban J connectivity index is 1.66. The maximum Gasteiger partial charge on any atom is 0.140 e. The van der Waals surface area contributed by atoms with Crippen LogP contribution in [-0.4, -0.2) is 18.3 Å². The average molecular weight is 270 g/mol. The van der Waals surface area contributed by atoms with E-state index in [2.05, 4.69) is 0 Å². The van der Waals surface area contributed by atoms with E-state index in [1.54, 1.807) is 0 Å². The van der Waals surface area contributed by atoms with Crippen LogP contribution in [0.5, 0.6) is 0 Å². The smallest absolute Gasteiger partial charge is 0.140 e. The predicted molar refractivity (Wildman–Crippen MR) is 76.1 cm³/mol. The Morgan fingerprint density at radius 2 is 1.70 bits per heavy atom. The Morgan fingerprint density at radius 3 is 2.40 bits per heavy atom. The van der Waals surface area contributed by atoms with Crippen molar-refractivity contribution in [2.75, 3.05) is 13.2 Å². The molecule has 20 heavy (non-hydrogen) atoms. The number of benzene rings is 2. The summed E-state index contributed by atoms with van der Waals surface area (Å²) in [5.74, 6) is 0. The molecule has 1 aliphatic heterocycles. The largest absolute Gasteiger partial charge is 0.393 e. The zero-order valence-corrected chi connectivity index (χ0v) is 11.3. The number of epoxide rings is 1. The first-order valence-corrected chi connectivity index (χ1v) is 6.79. The SMILES string of the molecule is OC[C@]1(c2ccccc2COCc2ccccc2)CO1. The van der Waals surface area contributed by atoms with Crippen molar-refractivity contribution in [3.05, 3.63) is 71.3 Å². The van der Waals surface area contributed by atoms with Crippen LogP contribution in [-0.2, 0) is 28.3 Å². The summed E-state index contributed by atoms with van der Waals surface area (Å²) in [5, 5.41) is 9.47. The van der Waals surface area contributed by atoms with E-state index < -0.39 is 5.60 Å². The number of ether oxygens (including phenoxy) is 2. The first kappa shape index (κ1) is 13.3. The first-order chi connectivity index (χ1) is 9.84. The highest BCUT2D eigenvalue weighted by atomic mass is 16.6. The molecule has 0 radical (unpaired) electrons. The van der Waals surface area contributed by atoms with E-state index in [-0.39, 0.29) is 6.61 Å². The third-order valence-corrected chi connectivity index (χ3v) is 3.63. The van der Waals surface area contributed by atoms with Gasteiger partial charge in [-0.15, -0.1) is 0 Å². The van der Waals surface area contributed by atoms with Crippen LogP contribution >= 0.6 is 0 Å². The molecule has 1 heterocycles. The molecule has 0 saturated carbocycles. The molecule has 0 aromatic heterocycles. The average Bonchev–Trinajstić information content (AvgIpc) is 3.30. The molecule has 0 bridgehead atoms. The van der Waals surface area contributed by atoms with Crippen LogP contribution < -0.4 is 0 Å². The molecule has 0 aliphatic carbocycles. The van der Waals surface area contributed by atoms with Gasteiger partial charge in [0.15, 0.2) is 0 Å². The van der Waals surface area contributed by atoms with Crippen molar-refractivity contribution in [2.45, 2.75) is 18.8 Å². The lowest BCUT2D eigenvalue weighted by atomic mass is 9.96. The lowest BCUT2D eigenvalue weighted by molar-refractivity contribution is 0.104. The summed E-state index contributed by atoms with van der Waals surface area (Å²) in [6.45, 7) is 1.71. The normalized spacial score (nSPS) is 20.9. The number of hydrogen-bond acceptors (Lipinski definition) is 3. The first-order valence-electron chi connectivity index (χ1n) is 6.79. The topological polar surface area (TPSA) is 42.0 Å². The molecular formula is C17H18O3. The minimum Gasteiger partial charge on any atom is -0.393 e. The van der Waals surface area contributed by atoms with Crippen LogP contribution in [0.25, 0.3) is 0 Å². The molecule has 1 saturated heterocycles. The summed E-state index contributed by atoms with van der Waals surface area (Å²) < 4.78 is 11.2. The van der Waals surface area contributed by atoms with E-state index in [4.69, 9.17) is 9.47 Å². The second-order valence-electron chi connectivity index (χ2n) is 5.08. The van der Waals surface area contributed by atoms with Crippen LogP contribution in [0.1, 0.15) is 16.7 Å². The Hall–Kier alpha value is -1.68. The maximum atomic E-state index is 9.47. The van der Waals surface area contributed by atoms with Crippen molar-refractivity contribution in [2.24, 2.45) is 0 Å². The number of aliphatic hydroxyl groups excluding tert-OH is 1. The van der Waals surface area contributed by atoms with E-state index in [1.165, 1.54) is 0 Å². The quantitative estimate of drug-likeness (QED) is 0.820. The highest BCUT2D eigenvalue weighted by Gasteiger charge is 2.47. The van der Waals surface area contributed by atoms with Gasteiger partial charge < -0.3 is 14.6 Å². The second kappa shape index (κ2) is 5.75. The molecule has 0 unspecified atom stereocenters. The fraction of sp³-hybridized carbons (Fsp3) is 0.294. The highest BCUT2D eigenvalue weighted by molar-refractivity contribution is 5.35. The summed E-state index contributed by atoms with van der Waals surface area (Å²) in [6, 6.07) is 18.1. The standard InChI is InChI=1S/C17H18O3/c18-12-17(13-20-17)16-9-5-4-8-15(16)11-19-10-14-6-2-1-3-7-14/h1-9,18H,10-13H2/t17-/m1/s1. The lowest BCUT2D eigenvalue weighted by Gasteiger charge is -2.14. The third kappa shape index (κ3) is 2.75. The molecular weight excluding hydrogens is 252 g/mol. The van der Waals surface area contributed by atoms with Crippen LogP contribution in [0.4, 0.5) is 0 Å². The van der Waals surface area contributed by atoms with E-state index in [0.29, 0.717) is 19.8 Å². The van der Waals surface area contributed by atoms with E-state index in [9.17, 15) is 5.11 Å².